The lowest BCUT2D eigenvalue weighted by Gasteiger charge is -2.09. The maximum absolute atomic E-state index is 12.5. The van der Waals surface area contributed by atoms with Gasteiger partial charge in [0.1, 0.15) is 11.5 Å². The topological polar surface area (TPSA) is 102 Å². The molecule has 162 valence electrons. The van der Waals surface area contributed by atoms with Gasteiger partial charge in [-0.2, -0.15) is 0 Å². The molecule has 0 saturated heterocycles. The highest BCUT2D eigenvalue weighted by Crippen LogP contribution is 2.27. The number of benzene rings is 2. The Bertz CT molecular complexity index is 1080. The number of nitrogens with zero attached hydrogens (tertiary/aromatic N) is 2. The summed E-state index contributed by atoms with van der Waals surface area (Å²) in [5, 5.41) is 14.0. The van der Waals surface area contributed by atoms with Crippen LogP contribution in [0.1, 0.15) is 21.5 Å². The molecule has 2 amide bonds. The third-order valence-electron chi connectivity index (χ3n) is 4.45. The number of carbonyl (C=O) groups excluding carboxylic acids is 2. The van der Waals surface area contributed by atoms with Crippen molar-refractivity contribution in [1.29, 1.82) is 0 Å². The third-order valence-corrected chi connectivity index (χ3v) is 6.42. The molecule has 0 bridgehead atoms. The molecule has 0 atom stereocenters. The van der Waals surface area contributed by atoms with Crippen molar-refractivity contribution in [3.8, 4) is 11.5 Å². The summed E-state index contributed by atoms with van der Waals surface area (Å²) in [6.45, 7) is 3.97. The molecular weight excluding hydrogens is 436 g/mol. The SMILES string of the molecule is COc1cc(OC)cc(C(=O)Nc2nnc(SCC(=O)Nc3cccc(C)c3C)s2)c1. The van der Waals surface area contributed by atoms with Gasteiger partial charge in [-0.25, -0.2) is 0 Å². The Balaban J connectivity index is 1.57. The minimum atomic E-state index is -0.363. The molecule has 0 radical (unpaired) electrons. The van der Waals surface area contributed by atoms with E-state index in [1.165, 1.54) is 37.3 Å². The normalized spacial score (nSPS) is 10.5. The zero-order valence-corrected chi connectivity index (χ0v) is 19.1. The van der Waals surface area contributed by atoms with Crippen LogP contribution < -0.4 is 20.1 Å². The van der Waals surface area contributed by atoms with E-state index in [9.17, 15) is 9.59 Å². The summed E-state index contributed by atoms with van der Waals surface area (Å²) in [4.78, 5) is 24.8. The number of anilines is 2. The van der Waals surface area contributed by atoms with Crippen LogP contribution >= 0.6 is 23.1 Å². The molecule has 1 aromatic heterocycles. The summed E-state index contributed by atoms with van der Waals surface area (Å²) < 4.78 is 11.0. The van der Waals surface area contributed by atoms with Crippen molar-refractivity contribution in [3.05, 3.63) is 53.1 Å². The standard InChI is InChI=1S/C21H22N4O4S2/c1-12-6-5-7-17(13(12)2)22-18(26)11-30-21-25-24-20(31-21)23-19(27)14-8-15(28-3)10-16(9-14)29-4/h5-10H,11H2,1-4H3,(H,22,26)(H,23,24,27). The first-order chi connectivity index (χ1) is 14.9. The van der Waals surface area contributed by atoms with Gasteiger partial charge in [0.25, 0.3) is 5.91 Å². The minimum Gasteiger partial charge on any atom is -0.497 e. The van der Waals surface area contributed by atoms with Crippen LogP contribution in [0.5, 0.6) is 11.5 Å². The number of hydrogen-bond donors (Lipinski definition) is 2. The predicted octanol–water partition coefficient (Wildman–Crippen LogP) is 4.16. The Hall–Kier alpha value is -3.11. The number of methoxy groups -OCH3 is 2. The number of thioether (sulfide) groups is 1. The van der Waals surface area contributed by atoms with E-state index in [-0.39, 0.29) is 17.6 Å². The smallest absolute Gasteiger partial charge is 0.257 e. The van der Waals surface area contributed by atoms with E-state index in [2.05, 4.69) is 20.8 Å². The van der Waals surface area contributed by atoms with Crippen LogP contribution in [0.15, 0.2) is 40.7 Å². The molecule has 0 fully saturated rings. The fourth-order valence-electron chi connectivity index (χ4n) is 2.63. The van der Waals surface area contributed by atoms with Crippen LogP contribution in [0.25, 0.3) is 0 Å². The predicted molar refractivity (Wildman–Crippen MR) is 123 cm³/mol. The van der Waals surface area contributed by atoms with E-state index in [4.69, 9.17) is 9.47 Å². The van der Waals surface area contributed by atoms with Gasteiger partial charge in [0.2, 0.25) is 11.0 Å². The summed E-state index contributed by atoms with van der Waals surface area (Å²) >= 11 is 2.45. The van der Waals surface area contributed by atoms with E-state index in [1.807, 2.05) is 32.0 Å². The number of amides is 2. The van der Waals surface area contributed by atoms with Crippen LogP contribution in [0.3, 0.4) is 0 Å². The van der Waals surface area contributed by atoms with Crippen LogP contribution in [0.4, 0.5) is 10.8 Å². The molecule has 0 saturated carbocycles. The quantitative estimate of drug-likeness (QED) is 0.386. The van der Waals surface area contributed by atoms with Crippen molar-refractivity contribution in [2.45, 2.75) is 18.2 Å². The van der Waals surface area contributed by atoms with Gasteiger partial charge >= 0.3 is 0 Å². The molecular formula is C21H22N4O4S2. The van der Waals surface area contributed by atoms with E-state index in [0.717, 1.165) is 16.8 Å². The molecule has 2 N–H and O–H groups in total. The molecule has 0 unspecified atom stereocenters. The Morgan fingerprint density at radius 2 is 1.74 bits per heavy atom. The summed E-state index contributed by atoms with van der Waals surface area (Å²) in [5.74, 6) is 0.699. The highest BCUT2D eigenvalue weighted by atomic mass is 32.2. The van der Waals surface area contributed by atoms with Crippen molar-refractivity contribution < 1.29 is 19.1 Å². The van der Waals surface area contributed by atoms with Gasteiger partial charge in [-0.05, 0) is 43.2 Å². The molecule has 8 nitrogen and oxygen atoms in total. The molecule has 10 heteroatoms. The van der Waals surface area contributed by atoms with Crippen molar-refractivity contribution in [2.75, 3.05) is 30.6 Å². The lowest BCUT2D eigenvalue weighted by molar-refractivity contribution is -0.113. The van der Waals surface area contributed by atoms with Gasteiger partial charge in [-0.1, -0.05) is 35.2 Å². The average Bonchev–Trinajstić information content (AvgIpc) is 3.22. The van der Waals surface area contributed by atoms with Crippen LogP contribution in [0.2, 0.25) is 0 Å². The number of hydrogen-bond acceptors (Lipinski definition) is 8. The molecule has 2 aromatic carbocycles. The first-order valence-corrected chi connectivity index (χ1v) is 11.1. The summed E-state index contributed by atoms with van der Waals surface area (Å²) in [6, 6.07) is 10.7. The van der Waals surface area contributed by atoms with Crippen molar-refractivity contribution in [3.63, 3.8) is 0 Å². The number of rotatable bonds is 8. The summed E-state index contributed by atoms with van der Waals surface area (Å²) in [7, 11) is 3.03. The van der Waals surface area contributed by atoms with Gasteiger partial charge in [-0.3, -0.25) is 14.9 Å². The fourth-order valence-corrected chi connectivity index (χ4v) is 4.17. The molecule has 3 aromatic rings. The second-order valence-corrected chi connectivity index (χ2v) is 8.71. The fraction of sp³-hybridized carbons (Fsp3) is 0.238. The Morgan fingerprint density at radius 3 is 2.42 bits per heavy atom. The Labute approximate surface area is 188 Å². The Morgan fingerprint density at radius 1 is 1.03 bits per heavy atom. The highest BCUT2D eigenvalue weighted by molar-refractivity contribution is 8.01. The molecule has 0 aliphatic heterocycles. The van der Waals surface area contributed by atoms with Gasteiger partial charge in [0, 0.05) is 17.3 Å². The molecule has 3 rings (SSSR count). The lowest BCUT2D eigenvalue weighted by Crippen LogP contribution is -2.15. The van der Waals surface area contributed by atoms with Gasteiger partial charge in [0.05, 0.1) is 20.0 Å². The zero-order chi connectivity index (χ0) is 22.4. The maximum atomic E-state index is 12.5. The van der Waals surface area contributed by atoms with Gasteiger partial charge in [0.15, 0.2) is 4.34 Å². The maximum Gasteiger partial charge on any atom is 0.257 e. The summed E-state index contributed by atoms with van der Waals surface area (Å²) in [6.07, 6.45) is 0. The molecule has 0 aliphatic carbocycles. The lowest BCUT2D eigenvalue weighted by atomic mass is 10.1. The van der Waals surface area contributed by atoms with Crippen molar-refractivity contribution >= 4 is 45.7 Å². The van der Waals surface area contributed by atoms with Gasteiger partial charge in [-0.15, -0.1) is 10.2 Å². The second kappa shape index (κ2) is 10.3. The zero-order valence-electron chi connectivity index (χ0n) is 17.5. The molecule has 1 heterocycles. The highest BCUT2D eigenvalue weighted by Gasteiger charge is 2.14. The van der Waals surface area contributed by atoms with E-state index in [0.29, 0.717) is 26.5 Å². The minimum absolute atomic E-state index is 0.136. The summed E-state index contributed by atoms with van der Waals surface area (Å²) in [5.41, 5.74) is 3.32. The largest absolute Gasteiger partial charge is 0.497 e. The molecule has 0 aliphatic rings. The van der Waals surface area contributed by atoms with Crippen molar-refractivity contribution in [2.24, 2.45) is 0 Å². The first-order valence-electron chi connectivity index (χ1n) is 9.26. The monoisotopic (exact) mass is 458 g/mol. The molecule has 0 spiro atoms. The number of aryl methyl sites for hydroxylation is 1. The van der Waals surface area contributed by atoms with Gasteiger partial charge < -0.3 is 14.8 Å². The number of ether oxygens (including phenoxy) is 2. The first kappa shape index (κ1) is 22.6. The van der Waals surface area contributed by atoms with Crippen LogP contribution in [-0.4, -0.2) is 42.0 Å². The van der Waals surface area contributed by atoms with E-state index in [1.54, 1.807) is 18.2 Å². The number of nitrogens with one attached hydrogen (secondary N) is 2. The molecule has 31 heavy (non-hydrogen) atoms. The van der Waals surface area contributed by atoms with Crippen LogP contribution in [0, 0.1) is 13.8 Å². The number of carbonyl (C=O) groups is 2. The van der Waals surface area contributed by atoms with Crippen LogP contribution in [-0.2, 0) is 4.79 Å². The van der Waals surface area contributed by atoms with Crippen molar-refractivity contribution in [1.82, 2.24) is 10.2 Å². The Kier molecular flexibility index (Phi) is 7.48. The second-order valence-electron chi connectivity index (χ2n) is 6.51. The van der Waals surface area contributed by atoms with E-state index >= 15 is 0 Å². The average molecular weight is 459 g/mol. The third kappa shape index (κ3) is 5.96. The van der Waals surface area contributed by atoms with E-state index < -0.39 is 0 Å². The number of aromatic nitrogens is 2.